The van der Waals surface area contributed by atoms with Gasteiger partial charge < -0.3 is 19.7 Å². The topological polar surface area (TPSA) is 77.3 Å². The van der Waals surface area contributed by atoms with E-state index in [1.807, 2.05) is 53.2 Å². The van der Waals surface area contributed by atoms with E-state index in [9.17, 15) is 0 Å². The molecule has 0 radical (unpaired) electrons. The van der Waals surface area contributed by atoms with E-state index in [-0.39, 0.29) is 0 Å². The molecule has 5 rings (SSSR count). The van der Waals surface area contributed by atoms with Crippen LogP contribution in [0.25, 0.3) is 16.7 Å². The molecule has 4 aromatic rings. The molecule has 0 unspecified atom stereocenters. The fraction of sp³-hybridized carbons (Fsp3) is 0.261. The smallest absolute Gasteiger partial charge is 0.229 e. The molecule has 8 nitrogen and oxygen atoms in total. The fourth-order valence-electron chi connectivity index (χ4n) is 3.85. The minimum atomic E-state index is 0.681. The van der Waals surface area contributed by atoms with Crippen LogP contribution in [-0.2, 0) is 0 Å². The van der Waals surface area contributed by atoms with Crippen LogP contribution in [0.2, 0.25) is 0 Å². The highest BCUT2D eigenvalue weighted by Gasteiger charge is 2.21. The minimum Gasteiger partial charge on any atom is -0.497 e. The third kappa shape index (κ3) is 3.61. The Balaban J connectivity index is 1.66. The van der Waals surface area contributed by atoms with Crippen molar-refractivity contribution in [1.82, 2.24) is 19.7 Å². The number of benzene rings is 2. The van der Waals surface area contributed by atoms with Crippen molar-refractivity contribution in [1.29, 1.82) is 0 Å². The zero-order chi connectivity index (χ0) is 21.2. The van der Waals surface area contributed by atoms with Crippen LogP contribution < -0.4 is 19.7 Å². The van der Waals surface area contributed by atoms with Crippen LogP contribution in [0.1, 0.15) is 12.8 Å². The molecule has 0 spiro atoms. The minimum absolute atomic E-state index is 0.681. The Morgan fingerprint density at radius 1 is 0.935 bits per heavy atom. The van der Waals surface area contributed by atoms with Gasteiger partial charge in [-0.2, -0.15) is 15.1 Å². The van der Waals surface area contributed by atoms with E-state index >= 15 is 0 Å². The second kappa shape index (κ2) is 8.14. The fourth-order valence-corrected chi connectivity index (χ4v) is 3.85. The number of hydrogen-bond donors (Lipinski definition) is 1. The second-order valence-electron chi connectivity index (χ2n) is 7.39. The molecule has 1 aliphatic rings. The summed E-state index contributed by atoms with van der Waals surface area (Å²) in [7, 11) is 3.29. The predicted molar refractivity (Wildman–Crippen MR) is 121 cm³/mol. The van der Waals surface area contributed by atoms with Crippen LogP contribution >= 0.6 is 0 Å². The molecular weight excluding hydrogens is 392 g/mol. The molecule has 0 amide bonds. The standard InChI is InChI=1S/C23H24N6O2/c1-30-17-10-11-20(31-2)19(14-17)25-21-18-15-24-29(16-8-4-3-5-9-16)22(18)27-23(26-21)28-12-6-7-13-28/h3-5,8-11,14-15H,6-7,12-13H2,1-2H3,(H,25,26,27). The number of nitrogens with one attached hydrogen (secondary N) is 1. The van der Waals surface area contributed by atoms with Crippen LogP contribution in [0.15, 0.2) is 54.7 Å². The van der Waals surface area contributed by atoms with E-state index in [0.29, 0.717) is 17.5 Å². The second-order valence-corrected chi connectivity index (χ2v) is 7.39. The lowest BCUT2D eigenvalue weighted by atomic mass is 10.2. The maximum absolute atomic E-state index is 5.54. The van der Waals surface area contributed by atoms with Gasteiger partial charge in [0.25, 0.3) is 0 Å². The van der Waals surface area contributed by atoms with Crippen molar-refractivity contribution in [2.75, 3.05) is 37.5 Å². The molecule has 2 aromatic carbocycles. The van der Waals surface area contributed by atoms with Gasteiger partial charge in [-0.25, -0.2) is 4.68 Å². The van der Waals surface area contributed by atoms with Crippen molar-refractivity contribution in [3.05, 3.63) is 54.7 Å². The van der Waals surface area contributed by atoms with Crippen molar-refractivity contribution in [2.45, 2.75) is 12.8 Å². The van der Waals surface area contributed by atoms with Gasteiger partial charge in [0.15, 0.2) is 5.65 Å². The number of anilines is 3. The average molecular weight is 416 g/mol. The van der Waals surface area contributed by atoms with Gasteiger partial charge in [-0.15, -0.1) is 0 Å². The molecule has 8 heteroatoms. The van der Waals surface area contributed by atoms with Crippen molar-refractivity contribution >= 4 is 28.5 Å². The number of rotatable bonds is 6. The van der Waals surface area contributed by atoms with E-state index in [2.05, 4.69) is 15.3 Å². The number of hydrogen-bond acceptors (Lipinski definition) is 7. The summed E-state index contributed by atoms with van der Waals surface area (Å²) < 4.78 is 12.8. The highest BCUT2D eigenvalue weighted by atomic mass is 16.5. The van der Waals surface area contributed by atoms with Gasteiger partial charge in [0.1, 0.15) is 17.3 Å². The first-order valence-corrected chi connectivity index (χ1v) is 10.3. The summed E-state index contributed by atoms with van der Waals surface area (Å²) in [5.41, 5.74) is 2.47. The molecule has 2 aromatic heterocycles. The Morgan fingerprint density at radius 2 is 1.74 bits per heavy atom. The van der Waals surface area contributed by atoms with Crippen molar-refractivity contribution < 1.29 is 9.47 Å². The highest BCUT2D eigenvalue weighted by Crippen LogP contribution is 2.34. The maximum atomic E-state index is 5.54. The Bertz CT molecular complexity index is 1200. The maximum Gasteiger partial charge on any atom is 0.229 e. The first kappa shape index (κ1) is 19.2. The largest absolute Gasteiger partial charge is 0.497 e. The highest BCUT2D eigenvalue weighted by molar-refractivity contribution is 5.91. The summed E-state index contributed by atoms with van der Waals surface area (Å²) in [6.07, 6.45) is 4.09. The number of fused-ring (bicyclic) bond motifs is 1. The van der Waals surface area contributed by atoms with Crippen LogP contribution in [0.4, 0.5) is 17.5 Å². The zero-order valence-corrected chi connectivity index (χ0v) is 17.6. The molecular formula is C23H24N6O2. The van der Waals surface area contributed by atoms with Crippen molar-refractivity contribution in [3.63, 3.8) is 0 Å². The molecule has 0 atom stereocenters. The summed E-state index contributed by atoms with van der Waals surface area (Å²) in [6, 6.07) is 15.6. The van der Waals surface area contributed by atoms with E-state index in [1.54, 1.807) is 20.4 Å². The molecule has 0 aliphatic carbocycles. The van der Waals surface area contributed by atoms with Crippen LogP contribution in [0.3, 0.4) is 0 Å². The Kier molecular flexibility index (Phi) is 5.03. The molecule has 0 saturated carbocycles. The SMILES string of the molecule is COc1ccc(OC)c(Nc2nc(N3CCCC3)nc3c2cnn3-c2ccccc2)c1. The molecule has 1 N–H and O–H groups in total. The molecule has 0 bridgehead atoms. The molecule has 1 fully saturated rings. The Labute approximate surface area is 180 Å². The lowest BCUT2D eigenvalue weighted by molar-refractivity contribution is 0.405. The Hall–Kier alpha value is -3.81. The van der Waals surface area contributed by atoms with E-state index in [1.165, 1.54) is 0 Å². The lowest BCUT2D eigenvalue weighted by Gasteiger charge is -2.18. The van der Waals surface area contributed by atoms with Gasteiger partial charge >= 0.3 is 0 Å². The van der Waals surface area contributed by atoms with Gasteiger partial charge in [-0.05, 0) is 37.1 Å². The van der Waals surface area contributed by atoms with Crippen LogP contribution in [0.5, 0.6) is 11.5 Å². The number of nitrogens with zero attached hydrogens (tertiary/aromatic N) is 5. The summed E-state index contributed by atoms with van der Waals surface area (Å²) in [5, 5.41) is 8.88. The first-order chi connectivity index (χ1) is 15.3. The normalized spacial score (nSPS) is 13.5. The van der Waals surface area contributed by atoms with E-state index in [4.69, 9.17) is 19.4 Å². The van der Waals surface area contributed by atoms with Crippen molar-refractivity contribution in [2.24, 2.45) is 0 Å². The molecule has 3 heterocycles. The van der Waals surface area contributed by atoms with Crippen LogP contribution in [-0.4, -0.2) is 47.1 Å². The first-order valence-electron chi connectivity index (χ1n) is 10.3. The van der Waals surface area contributed by atoms with Gasteiger partial charge in [-0.1, -0.05) is 18.2 Å². The molecule has 158 valence electrons. The summed E-state index contributed by atoms with van der Waals surface area (Å²) in [6.45, 7) is 1.90. The summed E-state index contributed by atoms with van der Waals surface area (Å²) in [4.78, 5) is 12.0. The summed E-state index contributed by atoms with van der Waals surface area (Å²) >= 11 is 0. The van der Waals surface area contributed by atoms with Gasteiger partial charge in [0.2, 0.25) is 5.95 Å². The monoisotopic (exact) mass is 416 g/mol. The third-order valence-corrected chi connectivity index (χ3v) is 5.47. The number of methoxy groups -OCH3 is 2. The molecule has 31 heavy (non-hydrogen) atoms. The molecule has 1 saturated heterocycles. The van der Waals surface area contributed by atoms with Crippen LogP contribution in [0, 0.1) is 0 Å². The van der Waals surface area contributed by atoms with E-state index < -0.39 is 0 Å². The third-order valence-electron chi connectivity index (χ3n) is 5.47. The number of aromatic nitrogens is 4. The number of para-hydroxylation sites is 1. The Morgan fingerprint density at radius 3 is 2.48 bits per heavy atom. The average Bonchev–Trinajstić information content (AvgIpc) is 3.50. The number of ether oxygens (including phenoxy) is 2. The predicted octanol–water partition coefficient (Wildman–Crippen LogP) is 4.18. The quantitative estimate of drug-likeness (QED) is 0.505. The summed E-state index contributed by atoms with van der Waals surface area (Å²) in [5.74, 6) is 2.81. The van der Waals surface area contributed by atoms with Gasteiger partial charge in [0, 0.05) is 19.2 Å². The lowest BCUT2D eigenvalue weighted by Crippen LogP contribution is -2.21. The van der Waals surface area contributed by atoms with E-state index in [0.717, 1.165) is 54.1 Å². The zero-order valence-electron chi connectivity index (χ0n) is 17.6. The van der Waals surface area contributed by atoms with Crippen molar-refractivity contribution in [3.8, 4) is 17.2 Å². The van der Waals surface area contributed by atoms with Gasteiger partial charge in [-0.3, -0.25) is 0 Å². The van der Waals surface area contributed by atoms with Gasteiger partial charge in [0.05, 0.1) is 37.2 Å². The molecule has 1 aliphatic heterocycles.